The summed E-state index contributed by atoms with van der Waals surface area (Å²) in [6, 6.07) is 10.7. The number of ether oxygens (including phenoxy) is 3. The Labute approximate surface area is 176 Å². The van der Waals surface area contributed by atoms with Crippen molar-refractivity contribution in [1.82, 2.24) is 0 Å². The van der Waals surface area contributed by atoms with Gasteiger partial charge in [0, 0.05) is 0 Å². The molecule has 0 bridgehead atoms. The zero-order valence-corrected chi connectivity index (χ0v) is 19.0. The van der Waals surface area contributed by atoms with E-state index in [2.05, 4.69) is 38.2 Å². The number of aliphatic hydroxyl groups is 2. The van der Waals surface area contributed by atoms with Gasteiger partial charge < -0.3 is 24.4 Å². The lowest BCUT2D eigenvalue weighted by Crippen LogP contribution is -2.45. The summed E-state index contributed by atoms with van der Waals surface area (Å²) in [7, 11) is -0.0168. The molecule has 0 saturated heterocycles. The van der Waals surface area contributed by atoms with Gasteiger partial charge in [0.25, 0.3) is 0 Å². The fourth-order valence-corrected chi connectivity index (χ4v) is 5.49. The van der Waals surface area contributed by atoms with Crippen molar-refractivity contribution in [2.75, 3.05) is 20.5 Å². The van der Waals surface area contributed by atoms with E-state index in [1.807, 2.05) is 24.3 Å². The van der Waals surface area contributed by atoms with Crippen LogP contribution >= 0.6 is 0 Å². The third-order valence-corrected chi connectivity index (χ3v) is 10.2. The summed E-state index contributed by atoms with van der Waals surface area (Å²) in [6.45, 7) is 6.30. The molecule has 0 aromatic heterocycles. The van der Waals surface area contributed by atoms with Crippen molar-refractivity contribution in [3.63, 3.8) is 0 Å². The highest BCUT2D eigenvalue weighted by Crippen LogP contribution is 2.21. The summed E-state index contributed by atoms with van der Waals surface area (Å²) >= 11 is 0. The summed E-state index contributed by atoms with van der Waals surface area (Å²) in [5.74, 6) is 6.21. The third kappa shape index (κ3) is 7.51. The maximum absolute atomic E-state index is 10.8. The van der Waals surface area contributed by atoms with Crippen LogP contribution in [0.15, 0.2) is 24.3 Å². The molecule has 1 rings (SSSR count). The van der Waals surface area contributed by atoms with Crippen molar-refractivity contribution in [2.45, 2.75) is 63.6 Å². The van der Waals surface area contributed by atoms with E-state index in [1.165, 1.54) is 0 Å². The first kappa shape index (κ1) is 25.2. The molecule has 1 aromatic carbocycles. The lowest BCUT2D eigenvalue weighted by molar-refractivity contribution is -0.158. The van der Waals surface area contributed by atoms with Crippen LogP contribution in [-0.2, 0) is 16.1 Å². The molecule has 0 heterocycles. The van der Waals surface area contributed by atoms with Crippen LogP contribution in [0.5, 0.6) is 5.75 Å². The van der Waals surface area contributed by atoms with Crippen molar-refractivity contribution in [1.29, 1.82) is 0 Å². The summed E-state index contributed by atoms with van der Waals surface area (Å²) in [4.78, 5) is 0. The first-order chi connectivity index (χ1) is 13.9. The monoisotopic (exact) mass is 418 g/mol. The largest absolute Gasteiger partial charge is 0.497 e. The van der Waals surface area contributed by atoms with E-state index < -0.39 is 26.4 Å². The molecule has 0 amide bonds. The molecule has 0 spiro atoms. The number of benzene rings is 1. The van der Waals surface area contributed by atoms with Crippen LogP contribution < -0.4 is 4.74 Å². The Morgan fingerprint density at radius 3 is 2.24 bits per heavy atom. The molecule has 0 radical (unpaired) electrons. The number of aliphatic hydroxyl groups excluding tert-OH is 1. The second-order valence-corrected chi connectivity index (χ2v) is 12.0. The maximum atomic E-state index is 10.8. The highest BCUT2D eigenvalue weighted by molar-refractivity contribution is 6.87. The topological polar surface area (TPSA) is 68.2 Å². The van der Waals surface area contributed by atoms with Gasteiger partial charge in [0.2, 0.25) is 0 Å². The summed E-state index contributed by atoms with van der Waals surface area (Å²) in [6.07, 6.45) is 4.64. The van der Waals surface area contributed by atoms with Crippen molar-refractivity contribution in [3.8, 4) is 29.6 Å². The fraction of sp³-hybridized carbons (Fsp3) is 0.565. The van der Waals surface area contributed by atoms with Crippen molar-refractivity contribution in [3.05, 3.63) is 29.8 Å². The number of hydrogen-bond donors (Lipinski definition) is 2. The maximum Gasteiger partial charge on any atom is 0.164 e. The zero-order chi connectivity index (χ0) is 21.8. The molecule has 160 valence electrons. The Morgan fingerprint density at radius 1 is 1.14 bits per heavy atom. The third-order valence-electron chi connectivity index (χ3n) is 5.47. The van der Waals surface area contributed by atoms with E-state index in [0.717, 1.165) is 29.4 Å². The summed E-state index contributed by atoms with van der Waals surface area (Å²) < 4.78 is 16.1. The molecule has 1 aromatic rings. The van der Waals surface area contributed by atoms with E-state index in [-0.39, 0.29) is 13.2 Å². The standard InChI is InChI=1S/C23H34O5Si/c1-6-23(25,15-10-16-29(7-2,8-3)9-4)22(17-24)28-19-27-18-20-11-13-21(26-5)14-12-20/h1,11-14,22,24-25H,7-9,15,17-19H2,2-5H3/t22-,23+/m1/s1. The fourth-order valence-electron chi connectivity index (χ4n) is 2.99. The molecule has 2 atom stereocenters. The first-order valence-corrected chi connectivity index (χ1v) is 12.7. The molecule has 0 fully saturated rings. The molecule has 0 aliphatic rings. The van der Waals surface area contributed by atoms with E-state index in [9.17, 15) is 10.2 Å². The smallest absolute Gasteiger partial charge is 0.164 e. The van der Waals surface area contributed by atoms with Crippen LogP contribution in [0.2, 0.25) is 18.1 Å². The minimum atomic E-state index is -1.67. The minimum absolute atomic E-state index is 0.0575. The second-order valence-electron chi connectivity index (χ2n) is 7.04. The molecule has 0 saturated carbocycles. The normalized spacial score (nSPS) is 14.2. The lowest BCUT2D eigenvalue weighted by Gasteiger charge is -2.29. The number of rotatable bonds is 12. The molecule has 0 aliphatic carbocycles. The Morgan fingerprint density at radius 2 is 1.76 bits per heavy atom. The highest BCUT2D eigenvalue weighted by atomic mass is 28.3. The van der Waals surface area contributed by atoms with Gasteiger partial charge in [-0.05, 0) is 35.8 Å². The van der Waals surface area contributed by atoms with Crippen molar-refractivity contribution >= 4 is 8.07 Å². The molecule has 29 heavy (non-hydrogen) atoms. The number of terminal acetylenes is 1. The second kappa shape index (κ2) is 12.7. The quantitative estimate of drug-likeness (QED) is 0.236. The molecular weight excluding hydrogens is 384 g/mol. The molecule has 5 nitrogen and oxygen atoms in total. The molecule has 0 unspecified atom stereocenters. The predicted octanol–water partition coefficient (Wildman–Crippen LogP) is 3.35. The Bertz CT molecular complexity index is 688. The van der Waals surface area contributed by atoms with Gasteiger partial charge in [-0.15, -0.1) is 17.9 Å². The van der Waals surface area contributed by atoms with Crippen LogP contribution in [0.25, 0.3) is 0 Å². The van der Waals surface area contributed by atoms with Gasteiger partial charge in [-0.1, -0.05) is 38.8 Å². The van der Waals surface area contributed by atoms with Crippen LogP contribution in [0.1, 0.15) is 32.8 Å². The van der Waals surface area contributed by atoms with Gasteiger partial charge in [-0.2, -0.15) is 0 Å². The molecule has 2 N–H and O–H groups in total. The average molecular weight is 419 g/mol. The number of methoxy groups -OCH3 is 1. The molecule has 0 aliphatic heterocycles. The van der Waals surface area contributed by atoms with E-state index in [1.54, 1.807) is 7.11 Å². The van der Waals surface area contributed by atoms with Crippen molar-refractivity contribution < 1.29 is 24.4 Å². The minimum Gasteiger partial charge on any atom is -0.497 e. The lowest BCUT2D eigenvalue weighted by atomic mass is 9.94. The Kier molecular flexibility index (Phi) is 11.0. The molecule has 6 heteroatoms. The highest BCUT2D eigenvalue weighted by Gasteiger charge is 2.35. The Balaban J connectivity index is 2.64. The summed E-state index contributed by atoms with van der Waals surface area (Å²) in [5, 5.41) is 20.5. The predicted molar refractivity (Wildman–Crippen MR) is 118 cm³/mol. The van der Waals surface area contributed by atoms with E-state index in [0.29, 0.717) is 6.61 Å². The van der Waals surface area contributed by atoms with Gasteiger partial charge in [-0.3, -0.25) is 0 Å². The van der Waals surface area contributed by atoms with Gasteiger partial charge in [0.1, 0.15) is 26.7 Å². The summed E-state index contributed by atoms with van der Waals surface area (Å²) in [5.41, 5.74) is 2.69. The zero-order valence-electron chi connectivity index (χ0n) is 18.0. The van der Waals surface area contributed by atoms with Crippen LogP contribution in [0.4, 0.5) is 0 Å². The Hall–Kier alpha value is -1.80. The van der Waals surface area contributed by atoms with Gasteiger partial charge in [-0.25, -0.2) is 0 Å². The van der Waals surface area contributed by atoms with Crippen LogP contribution in [0, 0.1) is 23.8 Å². The average Bonchev–Trinajstić information content (AvgIpc) is 2.77. The van der Waals surface area contributed by atoms with Gasteiger partial charge >= 0.3 is 0 Å². The first-order valence-electron chi connectivity index (χ1n) is 10.1. The molecular formula is C23H34O5Si. The van der Waals surface area contributed by atoms with Crippen LogP contribution in [-0.4, -0.2) is 50.5 Å². The van der Waals surface area contributed by atoms with E-state index in [4.69, 9.17) is 20.6 Å². The van der Waals surface area contributed by atoms with Crippen molar-refractivity contribution in [2.24, 2.45) is 0 Å². The van der Waals surface area contributed by atoms with E-state index >= 15 is 0 Å². The van der Waals surface area contributed by atoms with Gasteiger partial charge in [0.15, 0.2) is 5.60 Å². The number of hydrogen-bond acceptors (Lipinski definition) is 5. The van der Waals surface area contributed by atoms with Gasteiger partial charge in [0.05, 0.1) is 26.7 Å². The SMILES string of the molecule is C#C[C@](O)(CC#C[Si](CC)(CC)CC)[C@@H](CO)OCOCc1ccc(OC)cc1. The van der Waals surface area contributed by atoms with Crippen LogP contribution in [0.3, 0.4) is 0 Å².